The molecule has 0 heteroatoms. The van der Waals surface area contributed by atoms with Crippen molar-refractivity contribution in [2.75, 3.05) is 0 Å². The summed E-state index contributed by atoms with van der Waals surface area (Å²) in [6, 6.07) is 9.40. The third-order valence-corrected chi connectivity index (χ3v) is 9.86. The SMILES string of the molecule is C.Cc1ccc(CC2CCC3C2CCC2C45CCC(C)CC4=CCC325)cc1. The molecule has 146 valence electrons. The minimum Gasteiger partial charge on any atom is -0.0841 e. The van der Waals surface area contributed by atoms with Crippen molar-refractivity contribution in [1.29, 1.82) is 0 Å². The van der Waals surface area contributed by atoms with Crippen LogP contribution in [-0.4, -0.2) is 0 Å². The highest BCUT2D eigenvalue weighted by atomic mass is 14.9. The number of rotatable bonds is 2. The summed E-state index contributed by atoms with van der Waals surface area (Å²) in [7, 11) is 0. The van der Waals surface area contributed by atoms with Gasteiger partial charge in [0.15, 0.2) is 0 Å². The molecule has 7 unspecified atom stereocenters. The second-order valence-corrected chi connectivity index (χ2v) is 10.7. The fraction of sp³-hybridized carbons (Fsp3) is 0.704. The molecule has 7 atom stereocenters. The van der Waals surface area contributed by atoms with E-state index < -0.39 is 0 Å². The van der Waals surface area contributed by atoms with Crippen LogP contribution in [0.5, 0.6) is 0 Å². The third-order valence-electron chi connectivity index (χ3n) is 9.86. The van der Waals surface area contributed by atoms with Gasteiger partial charge < -0.3 is 0 Å². The van der Waals surface area contributed by atoms with E-state index in [-0.39, 0.29) is 7.43 Å². The molecule has 0 radical (unpaired) electrons. The van der Waals surface area contributed by atoms with E-state index in [9.17, 15) is 0 Å². The Morgan fingerprint density at radius 2 is 1.81 bits per heavy atom. The largest absolute Gasteiger partial charge is 0.0841 e. The number of aryl methyl sites for hydroxylation is 1. The van der Waals surface area contributed by atoms with Crippen molar-refractivity contribution in [1.82, 2.24) is 0 Å². The summed E-state index contributed by atoms with van der Waals surface area (Å²) in [6.07, 6.45) is 16.1. The van der Waals surface area contributed by atoms with E-state index in [4.69, 9.17) is 0 Å². The van der Waals surface area contributed by atoms with E-state index in [1.54, 1.807) is 12.0 Å². The first-order valence-corrected chi connectivity index (χ1v) is 11.4. The van der Waals surface area contributed by atoms with Gasteiger partial charge in [0.05, 0.1) is 0 Å². The number of hydrogen-bond donors (Lipinski definition) is 0. The highest BCUT2D eigenvalue weighted by molar-refractivity contribution is 5.45. The molecule has 1 aromatic carbocycles. The molecule has 0 bridgehead atoms. The van der Waals surface area contributed by atoms with Crippen LogP contribution >= 0.6 is 0 Å². The van der Waals surface area contributed by atoms with E-state index in [0.717, 1.165) is 35.0 Å². The third kappa shape index (κ3) is 2.16. The molecular weight excluding hydrogens is 324 g/mol. The summed E-state index contributed by atoms with van der Waals surface area (Å²) >= 11 is 0. The number of allylic oxidation sites excluding steroid dienone is 2. The first kappa shape index (κ1) is 18.0. The quantitative estimate of drug-likeness (QED) is 0.482. The normalized spacial score (nSPS) is 46.4. The summed E-state index contributed by atoms with van der Waals surface area (Å²) in [5, 5.41) is 0. The summed E-state index contributed by atoms with van der Waals surface area (Å²) in [4.78, 5) is 0. The molecule has 0 saturated heterocycles. The van der Waals surface area contributed by atoms with Crippen molar-refractivity contribution >= 4 is 0 Å². The van der Waals surface area contributed by atoms with Crippen molar-refractivity contribution in [2.45, 2.75) is 79.1 Å². The van der Waals surface area contributed by atoms with Crippen molar-refractivity contribution < 1.29 is 0 Å². The van der Waals surface area contributed by atoms with Crippen molar-refractivity contribution in [3.63, 3.8) is 0 Å². The Morgan fingerprint density at radius 3 is 2.63 bits per heavy atom. The van der Waals surface area contributed by atoms with Crippen LogP contribution in [0.4, 0.5) is 0 Å². The van der Waals surface area contributed by atoms with Crippen molar-refractivity contribution in [3.05, 3.63) is 47.0 Å². The average molecular weight is 363 g/mol. The van der Waals surface area contributed by atoms with E-state index >= 15 is 0 Å². The molecule has 0 amide bonds. The van der Waals surface area contributed by atoms with Crippen LogP contribution in [0.3, 0.4) is 0 Å². The maximum Gasteiger partial charge on any atom is 0.00112 e. The number of benzene rings is 1. The minimum atomic E-state index is 0. The predicted molar refractivity (Wildman–Crippen MR) is 115 cm³/mol. The van der Waals surface area contributed by atoms with Crippen LogP contribution in [0.25, 0.3) is 0 Å². The standard InChI is InChI=1S/C26H34.CH4/c1-17-3-5-19(6-4-17)16-20-7-9-23-22(20)8-10-24-25-13-11-18(2)15-21(25)12-14-26(23,24)25;/h3-6,12,18,20,22-24H,7-11,13-16H2,1-2H3;1H4. The lowest BCUT2D eigenvalue weighted by molar-refractivity contribution is 0.128. The zero-order valence-corrected chi connectivity index (χ0v) is 16.6. The molecule has 2 spiro atoms. The van der Waals surface area contributed by atoms with Gasteiger partial charge in [0.25, 0.3) is 0 Å². The fourth-order valence-electron chi connectivity index (χ4n) is 8.93. The summed E-state index contributed by atoms with van der Waals surface area (Å²) in [5.41, 5.74) is 6.37. The van der Waals surface area contributed by atoms with E-state index in [1.165, 1.54) is 56.9 Å². The Hall–Kier alpha value is -1.04. The average Bonchev–Trinajstić information content (AvgIpc) is 2.91. The first-order chi connectivity index (χ1) is 12.6. The Morgan fingerprint density at radius 1 is 1.00 bits per heavy atom. The lowest BCUT2D eigenvalue weighted by Crippen LogP contribution is -2.31. The lowest BCUT2D eigenvalue weighted by atomic mass is 9.67. The van der Waals surface area contributed by atoms with E-state index in [1.807, 2.05) is 5.57 Å². The second-order valence-electron chi connectivity index (χ2n) is 10.7. The molecule has 4 fully saturated rings. The molecule has 0 N–H and O–H groups in total. The van der Waals surface area contributed by atoms with E-state index in [0.29, 0.717) is 5.41 Å². The van der Waals surface area contributed by atoms with Crippen LogP contribution in [0, 0.1) is 47.3 Å². The van der Waals surface area contributed by atoms with Gasteiger partial charge in [0.2, 0.25) is 0 Å². The van der Waals surface area contributed by atoms with Gasteiger partial charge in [-0.3, -0.25) is 0 Å². The Bertz CT molecular complexity index is 755. The van der Waals surface area contributed by atoms with Gasteiger partial charge in [-0.1, -0.05) is 55.8 Å². The summed E-state index contributed by atoms with van der Waals surface area (Å²) < 4.78 is 0. The zero-order valence-electron chi connectivity index (χ0n) is 16.6. The number of fused-ring (bicyclic) bond motifs is 1. The van der Waals surface area contributed by atoms with Crippen molar-refractivity contribution in [3.8, 4) is 0 Å². The first-order valence-electron chi connectivity index (χ1n) is 11.4. The van der Waals surface area contributed by atoms with E-state index in [2.05, 4.69) is 44.2 Å². The van der Waals surface area contributed by atoms with Gasteiger partial charge in [0.1, 0.15) is 0 Å². The molecule has 27 heavy (non-hydrogen) atoms. The van der Waals surface area contributed by atoms with Gasteiger partial charge in [-0.2, -0.15) is 0 Å². The van der Waals surface area contributed by atoms with Crippen LogP contribution in [0.1, 0.15) is 76.8 Å². The molecular formula is C27H38. The Kier molecular flexibility index (Phi) is 3.99. The van der Waals surface area contributed by atoms with Crippen molar-refractivity contribution in [2.24, 2.45) is 40.4 Å². The van der Waals surface area contributed by atoms with Gasteiger partial charge in [-0.05, 0) is 105 Å². The molecule has 0 heterocycles. The van der Waals surface area contributed by atoms with Crippen LogP contribution in [0.15, 0.2) is 35.9 Å². The highest BCUT2D eigenvalue weighted by Gasteiger charge is 2.82. The van der Waals surface area contributed by atoms with Gasteiger partial charge in [0, 0.05) is 5.41 Å². The molecule has 6 rings (SSSR count). The number of hydrogen-bond acceptors (Lipinski definition) is 0. The molecule has 0 aromatic heterocycles. The molecule has 5 aliphatic rings. The molecule has 1 aromatic rings. The van der Waals surface area contributed by atoms with Crippen LogP contribution in [0.2, 0.25) is 0 Å². The molecule has 0 nitrogen and oxygen atoms in total. The topological polar surface area (TPSA) is 0 Å². The van der Waals surface area contributed by atoms with Crippen LogP contribution < -0.4 is 0 Å². The minimum absolute atomic E-state index is 0. The predicted octanol–water partition coefficient (Wildman–Crippen LogP) is 7.36. The summed E-state index contributed by atoms with van der Waals surface area (Å²) in [6.45, 7) is 4.69. The fourth-order valence-corrected chi connectivity index (χ4v) is 8.93. The monoisotopic (exact) mass is 362 g/mol. The summed E-state index contributed by atoms with van der Waals surface area (Å²) in [5.74, 6) is 5.07. The highest BCUT2D eigenvalue weighted by Crippen LogP contribution is 2.89. The Labute approximate surface area is 166 Å². The zero-order chi connectivity index (χ0) is 17.5. The smallest absolute Gasteiger partial charge is 0.00112 e. The second kappa shape index (κ2) is 5.98. The molecule has 0 aliphatic heterocycles. The van der Waals surface area contributed by atoms with Gasteiger partial charge in [-0.25, -0.2) is 0 Å². The van der Waals surface area contributed by atoms with Crippen LogP contribution in [-0.2, 0) is 6.42 Å². The van der Waals surface area contributed by atoms with Gasteiger partial charge in [-0.15, -0.1) is 0 Å². The molecule has 5 aliphatic carbocycles. The molecule has 4 saturated carbocycles. The maximum absolute atomic E-state index is 2.74. The Balaban J connectivity index is 0.00000160. The lowest BCUT2D eigenvalue weighted by Gasteiger charge is -2.37. The maximum atomic E-state index is 2.74. The van der Waals surface area contributed by atoms with Gasteiger partial charge >= 0.3 is 0 Å².